The van der Waals surface area contributed by atoms with E-state index in [4.69, 9.17) is 0 Å². The lowest BCUT2D eigenvalue weighted by molar-refractivity contribution is 0.0592. The highest BCUT2D eigenvalue weighted by molar-refractivity contribution is 4.79. The Kier molecular flexibility index (Phi) is 5.30. The maximum atomic E-state index is 10.2. The molecule has 17 heavy (non-hydrogen) atoms. The molecule has 0 bridgehead atoms. The Labute approximate surface area is 106 Å². The van der Waals surface area contributed by atoms with E-state index in [2.05, 4.69) is 11.8 Å². The molecule has 2 fully saturated rings. The number of aliphatic hydroxyl groups excluding tert-OH is 1. The highest BCUT2D eigenvalue weighted by Crippen LogP contribution is 2.26. The summed E-state index contributed by atoms with van der Waals surface area (Å²) in [7, 11) is 0. The van der Waals surface area contributed by atoms with Crippen molar-refractivity contribution in [1.82, 2.24) is 4.90 Å². The Morgan fingerprint density at radius 2 is 1.88 bits per heavy atom. The average molecular weight is 239 g/mol. The number of nitrogens with zero attached hydrogens (tertiary/aromatic N) is 1. The molecule has 2 aliphatic rings. The number of hydrogen-bond donors (Lipinski definition) is 1. The van der Waals surface area contributed by atoms with Crippen molar-refractivity contribution >= 4 is 0 Å². The van der Waals surface area contributed by atoms with Crippen LogP contribution in [0.1, 0.15) is 58.3 Å². The smallest absolute Gasteiger partial charge is 0.0580 e. The maximum Gasteiger partial charge on any atom is 0.0580 e. The van der Waals surface area contributed by atoms with E-state index in [0.29, 0.717) is 5.92 Å². The summed E-state index contributed by atoms with van der Waals surface area (Å²) < 4.78 is 0. The quantitative estimate of drug-likeness (QED) is 0.765. The molecule has 1 aliphatic heterocycles. The van der Waals surface area contributed by atoms with Gasteiger partial charge in [-0.3, -0.25) is 0 Å². The van der Waals surface area contributed by atoms with Crippen molar-refractivity contribution in [2.75, 3.05) is 19.6 Å². The van der Waals surface area contributed by atoms with E-state index in [1.54, 1.807) is 0 Å². The summed E-state index contributed by atoms with van der Waals surface area (Å²) in [5.74, 6) is 1.46. The summed E-state index contributed by atoms with van der Waals surface area (Å²) in [5, 5.41) is 10.2. The first kappa shape index (κ1) is 13.4. The van der Waals surface area contributed by atoms with Crippen molar-refractivity contribution in [3.05, 3.63) is 0 Å². The molecule has 0 radical (unpaired) electrons. The molecule has 1 saturated carbocycles. The van der Waals surface area contributed by atoms with E-state index in [9.17, 15) is 5.11 Å². The van der Waals surface area contributed by atoms with E-state index in [0.717, 1.165) is 18.9 Å². The second kappa shape index (κ2) is 6.75. The fraction of sp³-hybridized carbons (Fsp3) is 1.00. The van der Waals surface area contributed by atoms with Gasteiger partial charge in [-0.25, -0.2) is 0 Å². The summed E-state index contributed by atoms with van der Waals surface area (Å²) in [4.78, 5) is 2.62. The fourth-order valence-electron chi connectivity index (χ4n) is 3.56. The van der Waals surface area contributed by atoms with E-state index >= 15 is 0 Å². The highest BCUT2D eigenvalue weighted by atomic mass is 16.3. The topological polar surface area (TPSA) is 23.5 Å². The van der Waals surface area contributed by atoms with Gasteiger partial charge in [-0.1, -0.05) is 32.6 Å². The average Bonchev–Trinajstić information content (AvgIpc) is 2.55. The Balaban J connectivity index is 1.81. The number of likely N-dealkylation sites (tertiary alicyclic amines) is 1. The van der Waals surface area contributed by atoms with Gasteiger partial charge >= 0.3 is 0 Å². The van der Waals surface area contributed by atoms with Crippen LogP contribution in [0.25, 0.3) is 0 Å². The minimum absolute atomic E-state index is 0.0282. The predicted octanol–water partition coefficient (Wildman–Crippen LogP) is 3.05. The summed E-state index contributed by atoms with van der Waals surface area (Å²) in [6.45, 7) is 6.01. The molecule has 3 atom stereocenters. The third kappa shape index (κ3) is 3.96. The standard InChI is InChI=1S/C15H29NO/c1-2-13-7-6-10-16(11-13)12-14-8-4-3-5-9-15(14)17/h13-15,17H,2-12H2,1H3. The summed E-state index contributed by atoms with van der Waals surface area (Å²) in [6.07, 6.45) is 10.2. The van der Waals surface area contributed by atoms with Crippen LogP contribution >= 0.6 is 0 Å². The molecule has 1 aliphatic carbocycles. The molecule has 100 valence electrons. The molecule has 2 nitrogen and oxygen atoms in total. The Morgan fingerprint density at radius 1 is 1.06 bits per heavy atom. The van der Waals surface area contributed by atoms with Crippen molar-refractivity contribution in [2.45, 2.75) is 64.4 Å². The monoisotopic (exact) mass is 239 g/mol. The summed E-state index contributed by atoms with van der Waals surface area (Å²) in [5.41, 5.74) is 0. The third-order valence-electron chi connectivity index (χ3n) is 4.79. The van der Waals surface area contributed by atoms with E-state index in [-0.39, 0.29) is 6.10 Å². The van der Waals surface area contributed by atoms with Gasteiger partial charge in [0.1, 0.15) is 0 Å². The number of aliphatic hydroxyl groups is 1. The van der Waals surface area contributed by atoms with Gasteiger partial charge in [-0.2, -0.15) is 0 Å². The largest absolute Gasteiger partial charge is 0.393 e. The molecule has 3 unspecified atom stereocenters. The molecule has 0 aromatic rings. The van der Waals surface area contributed by atoms with Gasteiger partial charge in [-0.05, 0) is 44.1 Å². The van der Waals surface area contributed by atoms with Crippen molar-refractivity contribution in [1.29, 1.82) is 0 Å². The number of rotatable bonds is 3. The Hall–Kier alpha value is -0.0800. The third-order valence-corrected chi connectivity index (χ3v) is 4.79. The van der Waals surface area contributed by atoms with Gasteiger partial charge < -0.3 is 10.0 Å². The Morgan fingerprint density at radius 3 is 2.71 bits per heavy atom. The minimum atomic E-state index is -0.0282. The second-order valence-corrected chi connectivity index (χ2v) is 6.14. The zero-order valence-electron chi connectivity index (χ0n) is 11.4. The van der Waals surface area contributed by atoms with E-state index in [1.807, 2.05) is 0 Å². The van der Waals surface area contributed by atoms with Crippen LogP contribution in [-0.4, -0.2) is 35.7 Å². The van der Waals surface area contributed by atoms with Crippen LogP contribution in [0.2, 0.25) is 0 Å². The summed E-state index contributed by atoms with van der Waals surface area (Å²) in [6, 6.07) is 0. The lowest BCUT2D eigenvalue weighted by atomic mass is 9.92. The molecular formula is C15H29NO. The van der Waals surface area contributed by atoms with Crippen LogP contribution in [0.4, 0.5) is 0 Å². The molecule has 0 aromatic heterocycles. The molecular weight excluding hydrogens is 210 g/mol. The molecule has 2 heteroatoms. The lowest BCUT2D eigenvalue weighted by Crippen LogP contribution is -2.41. The molecule has 0 aromatic carbocycles. The SMILES string of the molecule is CCC1CCCN(CC2CCCCCC2O)C1. The lowest BCUT2D eigenvalue weighted by Gasteiger charge is -2.35. The van der Waals surface area contributed by atoms with Crippen LogP contribution in [0.15, 0.2) is 0 Å². The molecule has 0 spiro atoms. The molecule has 1 saturated heterocycles. The first-order valence-electron chi connectivity index (χ1n) is 7.70. The van der Waals surface area contributed by atoms with Crippen molar-refractivity contribution in [3.8, 4) is 0 Å². The molecule has 1 heterocycles. The Bertz CT molecular complexity index is 219. The van der Waals surface area contributed by atoms with Crippen molar-refractivity contribution < 1.29 is 5.11 Å². The van der Waals surface area contributed by atoms with Gasteiger partial charge in [0, 0.05) is 13.1 Å². The minimum Gasteiger partial charge on any atom is -0.393 e. The molecule has 1 N–H and O–H groups in total. The first-order valence-corrected chi connectivity index (χ1v) is 7.70. The van der Waals surface area contributed by atoms with Gasteiger partial charge in [-0.15, -0.1) is 0 Å². The predicted molar refractivity (Wildman–Crippen MR) is 72.0 cm³/mol. The number of piperidine rings is 1. The van der Waals surface area contributed by atoms with Crippen LogP contribution < -0.4 is 0 Å². The fourth-order valence-corrected chi connectivity index (χ4v) is 3.56. The van der Waals surface area contributed by atoms with Crippen molar-refractivity contribution in [2.24, 2.45) is 11.8 Å². The van der Waals surface area contributed by atoms with Gasteiger partial charge in [0.15, 0.2) is 0 Å². The second-order valence-electron chi connectivity index (χ2n) is 6.14. The zero-order chi connectivity index (χ0) is 12.1. The van der Waals surface area contributed by atoms with Crippen LogP contribution in [-0.2, 0) is 0 Å². The van der Waals surface area contributed by atoms with E-state index < -0.39 is 0 Å². The zero-order valence-corrected chi connectivity index (χ0v) is 11.4. The maximum absolute atomic E-state index is 10.2. The van der Waals surface area contributed by atoms with Crippen LogP contribution in [0.3, 0.4) is 0 Å². The molecule has 0 amide bonds. The van der Waals surface area contributed by atoms with Crippen LogP contribution in [0, 0.1) is 11.8 Å². The van der Waals surface area contributed by atoms with Crippen molar-refractivity contribution in [3.63, 3.8) is 0 Å². The summed E-state index contributed by atoms with van der Waals surface area (Å²) >= 11 is 0. The van der Waals surface area contributed by atoms with Crippen LogP contribution in [0.5, 0.6) is 0 Å². The molecule has 2 rings (SSSR count). The normalized spacial score (nSPS) is 36.7. The number of hydrogen-bond acceptors (Lipinski definition) is 2. The highest BCUT2D eigenvalue weighted by Gasteiger charge is 2.26. The first-order chi connectivity index (χ1) is 8.29. The van der Waals surface area contributed by atoms with Gasteiger partial charge in [0.25, 0.3) is 0 Å². The van der Waals surface area contributed by atoms with Gasteiger partial charge in [0.05, 0.1) is 6.10 Å². The van der Waals surface area contributed by atoms with E-state index in [1.165, 1.54) is 58.0 Å². The van der Waals surface area contributed by atoms with Gasteiger partial charge in [0.2, 0.25) is 0 Å².